The lowest BCUT2D eigenvalue weighted by Gasteiger charge is -2.35. The molecule has 2 aromatic rings. The lowest BCUT2D eigenvalue weighted by atomic mass is 9.95. The summed E-state index contributed by atoms with van der Waals surface area (Å²) in [5, 5.41) is 8.18. The van der Waals surface area contributed by atoms with Crippen LogP contribution in [0.1, 0.15) is 56.3 Å². The van der Waals surface area contributed by atoms with Gasteiger partial charge in [-0.05, 0) is 31.4 Å². The molecule has 1 aliphatic heterocycles. The summed E-state index contributed by atoms with van der Waals surface area (Å²) in [5.74, 6) is -1.33. The molecule has 5 rings (SSSR count). The Morgan fingerprint density at radius 3 is 2.59 bits per heavy atom. The van der Waals surface area contributed by atoms with Gasteiger partial charge in [0.15, 0.2) is 5.72 Å². The van der Waals surface area contributed by atoms with E-state index in [1.54, 1.807) is 18.2 Å². The van der Waals surface area contributed by atoms with Gasteiger partial charge >= 0.3 is 12.1 Å². The van der Waals surface area contributed by atoms with Gasteiger partial charge in [-0.1, -0.05) is 41.3 Å². The van der Waals surface area contributed by atoms with Gasteiger partial charge in [-0.2, -0.15) is 13.2 Å². The first-order valence-electron chi connectivity index (χ1n) is 11.2. The van der Waals surface area contributed by atoms with Crippen molar-refractivity contribution in [2.24, 2.45) is 5.92 Å². The van der Waals surface area contributed by atoms with E-state index in [0.717, 1.165) is 24.2 Å². The second kappa shape index (κ2) is 8.69. The molecule has 2 saturated carbocycles. The van der Waals surface area contributed by atoms with Crippen LogP contribution in [0, 0.1) is 5.92 Å². The zero-order valence-corrected chi connectivity index (χ0v) is 19.8. The summed E-state index contributed by atoms with van der Waals surface area (Å²) in [4.78, 5) is 11.6. The first-order valence-corrected chi connectivity index (χ1v) is 12.0. The molecule has 1 aromatic heterocycles. The van der Waals surface area contributed by atoms with Crippen LogP contribution in [0.5, 0.6) is 0 Å². The van der Waals surface area contributed by atoms with E-state index >= 15 is 0 Å². The van der Waals surface area contributed by atoms with Crippen LogP contribution in [0.15, 0.2) is 22.7 Å². The standard InChI is InChI=1S/C23H23Cl2F3N2O4/c1-2-16-12-8-22(29-16,33-21(31)23(26,27)28)9-17(12)32-10-13-19(30-34-20(13)11-6-7-11)18-14(24)4-3-5-15(18)25/h3-5,11-12,16-17,29H,2,6-10H2,1H3. The van der Waals surface area contributed by atoms with Crippen LogP contribution >= 0.6 is 23.2 Å². The summed E-state index contributed by atoms with van der Waals surface area (Å²) >= 11 is 12.8. The smallest absolute Gasteiger partial charge is 0.437 e. The maximum atomic E-state index is 12.9. The average molecular weight is 519 g/mol. The van der Waals surface area contributed by atoms with Gasteiger partial charge in [0.1, 0.15) is 11.5 Å². The molecular weight excluding hydrogens is 496 g/mol. The summed E-state index contributed by atoms with van der Waals surface area (Å²) in [7, 11) is 0. The van der Waals surface area contributed by atoms with Crippen LogP contribution in [0.4, 0.5) is 13.2 Å². The molecule has 34 heavy (non-hydrogen) atoms. The van der Waals surface area contributed by atoms with E-state index in [4.69, 9.17) is 37.2 Å². The van der Waals surface area contributed by atoms with Crippen LogP contribution in [0.25, 0.3) is 11.3 Å². The molecule has 2 bridgehead atoms. The van der Waals surface area contributed by atoms with Gasteiger partial charge in [-0.15, -0.1) is 0 Å². The van der Waals surface area contributed by atoms with Gasteiger partial charge in [0, 0.05) is 41.8 Å². The number of fused-ring (bicyclic) bond motifs is 2. The number of ether oxygens (including phenoxy) is 2. The summed E-state index contributed by atoms with van der Waals surface area (Å²) in [6.07, 6.45) is -2.45. The first kappa shape index (κ1) is 23.9. The molecule has 11 heteroatoms. The topological polar surface area (TPSA) is 73.6 Å². The van der Waals surface area contributed by atoms with Gasteiger partial charge in [0.05, 0.1) is 22.8 Å². The molecule has 0 radical (unpaired) electrons. The largest absolute Gasteiger partial charge is 0.490 e. The van der Waals surface area contributed by atoms with Crippen LogP contribution in [0.2, 0.25) is 10.0 Å². The maximum Gasteiger partial charge on any atom is 0.490 e. The number of halogens is 5. The Morgan fingerprint density at radius 2 is 1.97 bits per heavy atom. The molecule has 6 nitrogen and oxygen atoms in total. The van der Waals surface area contributed by atoms with E-state index in [0.29, 0.717) is 27.7 Å². The third-order valence-corrected chi connectivity index (χ3v) is 7.54. The Kier molecular flexibility index (Phi) is 6.11. The fourth-order valence-electron chi connectivity index (χ4n) is 5.21. The lowest BCUT2D eigenvalue weighted by molar-refractivity contribution is -0.217. The molecule has 0 amide bonds. The number of nitrogens with one attached hydrogen (secondary N) is 1. The number of hydrogen-bond donors (Lipinski definition) is 1. The predicted octanol–water partition coefficient (Wildman–Crippen LogP) is 6.00. The highest BCUT2D eigenvalue weighted by Gasteiger charge is 2.60. The second-order valence-electron chi connectivity index (χ2n) is 9.21. The molecule has 0 spiro atoms. The number of nitrogens with zero attached hydrogens (tertiary/aromatic N) is 1. The molecule has 3 fully saturated rings. The Bertz CT molecular complexity index is 1080. The van der Waals surface area contributed by atoms with E-state index < -0.39 is 24.0 Å². The minimum absolute atomic E-state index is 0.0948. The van der Waals surface area contributed by atoms with Crippen molar-refractivity contribution >= 4 is 29.2 Å². The van der Waals surface area contributed by atoms with Gasteiger partial charge in [0.2, 0.25) is 0 Å². The zero-order valence-electron chi connectivity index (χ0n) is 18.3. The highest BCUT2D eigenvalue weighted by molar-refractivity contribution is 6.39. The Hall–Kier alpha value is -1.81. The number of carbonyl (C=O) groups excluding carboxylic acids is 1. The molecule has 1 saturated heterocycles. The molecule has 2 heterocycles. The summed E-state index contributed by atoms with van der Waals surface area (Å²) < 4.78 is 55.4. The van der Waals surface area contributed by atoms with Crippen molar-refractivity contribution in [3.8, 4) is 11.3 Å². The third-order valence-electron chi connectivity index (χ3n) is 6.91. The number of esters is 1. The number of alkyl halides is 3. The van der Waals surface area contributed by atoms with E-state index in [9.17, 15) is 18.0 Å². The summed E-state index contributed by atoms with van der Waals surface area (Å²) in [6, 6.07) is 5.04. The average Bonchev–Trinajstić information content (AvgIpc) is 3.30. The maximum absolute atomic E-state index is 12.9. The fraction of sp³-hybridized carbons (Fsp3) is 0.565. The van der Waals surface area contributed by atoms with Gasteiger partial charge in [-0.25, -0.2) is 4.79 Å². The first-order chi connectivity index (χ1) is 16.1. The van der Waals surface area contributed by atoms with E-state index in [1.807, 2.05) is 6.92 Å². The van der Waals surface area contributed by atoms with Gasteiger partial charge in [-0.3, -0.25) is 5.32 Å². The van der Waals surface area contributed by atoms with Crippen molar-refractivity contribution in [2.45, 2.75) is 75.6 Å². The van der Waals surface area contributed by atoms with Crippen molar-refractivity contribution in [3.05, 3.63) is 39.6 Å². The molecule has 1 aromatic carbocycles. The van der Waals surface area contributed by atoms with Gasteiger partial charge < -0.3 is 14.0 Å². The molecule has 3 aliphatic rings. The number of rotatable bonds is 7. The normalized spacial score (nSPS) is 28.5. The number of benzene rings is 1. The predicted molar refractivity (Wildman–Crippen MR) is 117 cm³/mol. The highest BCUT2D eigenvalue weighted by atomic mass is 35.5. The van der Waals surface area contributed by atoms with Crippen molar-refractivity contribution in [2.75, 3.05) is 0 Å². The van der Waals surface area contributed by atoms with Gasteiger partial charge in [0.25, 0.3) is 0 Å². The van der Waals surface area contributed by atoms with Crippen molar-refractivity contribution in [3.63, 3.8) is 0 Å². The van der Waals surface area contributed by atoms with E-state index in [-0.39, 0.29) is 37.3 Å². The molecule has 2 aliphatic carbocycles. The Balaban J connectivity index is 1.38. The monoisotopic (exact) mass is 518 g/mol. The quantitative estimate of drug-likeness (QED) is 0.452. The minimum atomic E-state index is -5.06. The highest BCUT2D eigenvalue weighted by Crippen LogP contribution is 2.49. The minimum Gasteiger partial charge on any atom is -0.437 e. The van der Waals surface area contributed by atoms with Crippen molar-refractivity contribution < 1.29 is 32.0 Å². The van der Waals surface area contributed by atoms with E-state index in [1.165, 1.54) is 0 Å². The van der Waals surface area contributed by atoms with Crippen LogP contribution in [-0.2, 0) is 20.9 Å². The second-order valence-corrected chi connectivity index (χ2v) is 10.0. The molecule has 184 valence electrons. The molecule has 4 unspecified atom stereocenters. The zero-order chi connectivity index (χ0) is 24.3. The van der Waals surface area contributed by atoms with Crippen LogP contribution < -0.4 is 5.32 Å². The van der Waals surface area contributed by atoms with Crippen LogP contribution in [0.3, 0.4) is 0 Å². The molecular formula is C23H23Cl2F3N2O4. The third kappa shape index (κ3) is 4.32. The SMILES string of the molecule is CCC1NC2(OC(=O)C(F)(F)F)CC(OCc3c(-c4c(Cl)cccc4Cl)noc3C3CC3)C1C2. The van der Waals surface area contributed by atoms with E-state index in [2.05, 4.69) is 10.5 Å². The summed E-state index contributed by atoms with van der Waals surface area (Å²) in [5.41, 5.74) is 0.411. The molecule has 4 atom stereocenters. The summed E-state index contributed by atoms with van der Waals surface area (Å²) in [6.45, 7) is 2.06. The Morgan fingerprint density at radius 1 is 1.26 bits per heavy atom. The number of aromatic nitrogens is 1. The van der Waals surface area contributed by atoms with Crippen LogP contribution in [-0.4, -0.2) is 35.2 Å². The fourth-order valence-corrected chi connectivity index (χ4v) is 5.79. The Labute approximate surface area is 204 Å². The molecule has 1 N–H and O–H groups in total. The van der Waals surface area contributed by atoms with Crippen molar-refractivity contribution in [1.82, 2.24) is 10.5 Å². The number of hydrogen-bond acceptors (Lipinski definition) is 6. The van der Waals surface area contributed by atoms with Crippen molar-refractivity contribution in [1.29, 1.82) is 0 Å². The number of carbonyl (C=O) groups is 1. The number of piperidine rings is 1. The lowest BCUT2D eigenvalue weighted by Crippen LogP contribution is -2.53.